The number of thioether (sulfide) groups is 1. The molecule has 0 saturated heterocycles. The first-order chi connectivity index (χ1) is 11.7. The fraction of sp³-hybridized carbons (Fsp3) is 0.350. The zero-order valence-electron chi connectivity index (χ0n) is 14.3. The average molecular weight is 342 g/mol. The predicted octanol–water partition coefficient (Wildman–Crippen LogP) is 2.94. The lowest BCUT2D eigenvalue weighted by molar-refractivity contribution is -0.905. The van der Waals surface area contributed by atoms with Gasteiger partial charge in [0, 0.05) is 16.9 Å². The Bertz CT molecular complexity index is 716. The smallest absolute Gasteiger partial charge is 0.279 e. The molecule has 0 radical (unpaired) electrons. The van der Waals surface area contributed by atoms with Crippen LogP contribution in [-0.2, 0) is 11.2 Å². The highest BCUT2D eigenvalue weighted by molar-refractivity contribution is 7.98. The number of fused-ring (bicyclic) bond motifs is 1. The van der Waals surface area contributed by atoms with Crippen LogP contribution in [0.1, 0.15) is 30.0 Å². The van der Waals surface area contributed by atoms with Gasteiger partial charge in [-0.05, 0) is 36.8 Å². The Kier molecular flexibility index (Phi) is 5.59. The van der Waals surface area contributed by atoms with Crippen LogP contribution in [0.4, 0.5) is 5.69 Å². The van der Waals surface area contributed by atoms with E-state index in [1.54, 1.807) is 11.8 Å². The standard InChI is InChI=1S/C20H24N2OS/c1-22(18-12-7-9-15-8-3-4-10-16(15)18)14-20(23)21-17-11-5-6-13-19(17)24-2/h3-6,8,10-11,13,18H,7,9,12,14H2,1-2H3,(H,21,23)/p+1/t18-/m0/s1. The van der Waals surface area contributed by atoms with Crippen molar-refractivity contribution in [1.82, 2.24) is 0 Å². The van der Waals surface area contributed by atoms with Crippen molar-refractivity contribution in [2.24, 2.45) is 0 Å². The molecule has 2 aromatic rings. The summed E-state index contributed by atoms with van der Waals surface area (Å²) in [4.78, 5) is 14.9. The second-order valence-electron chi connectivity index (χ2n) is 6.42. The number of rotatable bonds is 5. The van der Waals surface area contributed by atoms with Crippen LogP contribution in [0.15, 0.2) is 53.4 Å². The number of aryl methyl sites for hydroxylation is 1. The Morgan fingerprint density at radius 3 is 2.79 bits per heavy atom. The van der Waals surface area contributed by atoms with Crippen molar-refractivity contribution >= 4 is 23.4 Å². The number of benzene rings is 2. The summed E-state index contributed by atoms with van der Waals surface area (Å²) < 4.78 is 0. The number of carbonyl (C=O) groups excluding carboxylic acids is 1. The average Bonchev–Trinajstić information content (AvgIpc) is 2.61. The van der Waals surface area contributed by atoms with Gasteiger partial charge < -0.3 is 10.2 Å². The molecule has 2 atom stereocenters. The lowest BCUT2D eigenvalue weighted by Gasteiger charge is -2.30. The van der Waals surface area contributed by atoms with Crippen molar-refractivity contribution in [1.29, 1.82) is 0 Å². The molecule has 1 amide bonds. The van der Waals surface area contributed by atoms with E-state index < -0.39 is 0 Å². The molecule has 2 N–H and O–H groups in total. The Morgan fingerprint density at radius 1 is 1.21 bits per heavy atom. The quantitative estimate of drug-likeness (QED) is 0.820. The maximum atomic E-state index is 12.5. The summed E-state index contributed by atoms with van der Waals surface area (Å²) in [5.41, 5.74) is 3.77. The lowest BCUT2D eigenvalue weighted by Crippen LogP contribution is -3.10. The maximum Gasteiger partial charge on any atom is 0.279 e. The Morgan fingerprint density at radius 2 is 1.96 bits per heavy atom. The highest BCUT2D eigenvalue weighted by atomic mass is 32.2. The molecule has 0 bridgehead atoms. The lowest BCUT2D eigenvalue weighted by atomic mass is 9.87. The van der Waals surface area contributed by atoms with E-state index in [1.165, 1.54) is 22.4 Å². The van der Waals surface area contributed by atoms with Gasteiger partial charge in [0.05, 0.1) is 12.7 Å². The predicted molar refractivity (Wildman–Crippen MR) is 101 cm³/mol. The van der Waals surface area contributed by atoms with Crippen LogP contribution in [0, 0.1) is 0 Å². The number of anilines is 1. The van der Waals surface area contributed by atoms with E-state index in [-0.39, 0.29) is 5.91 Å². The van der Waals surface area contributed by atoms with E-state index in [4.69, 9.17) is 0 Å². The minimum atomic E-state index is 0.0806. The minimum absolute atomic E-state index is 0.0806. The monoisotopic (exact) mass is 341 g/mol. The van der Waals surface area contributed by atoms with Crippen LogP contribution in [0.3, 0.4) is 0 Å². The van der Waals surface area contributed by atoms with Gasteiger partial charge in [0.15, 0.2) is 6.54 Å². The fourth-order valence-corrected chi connectivity index (χ4v) is 4.14. The van der Waals surface area contributed by atoms with Crippen LogP contribution in [0.5, 0.6) is 0 Å². The van der Waals surface area contributed by atoms with Gasteiger partial charge in [0.1, 0.15) is 6.04 Å². The molecule has 1 aliphatic carbocycles. The van der Waals surface area contributed by atoms with Gasteiger partial charge in [0.2, 0.25) is 0 Å². The molecule has 2 aromatic carbocycles. The van der Waals surface area contributed by atoms with E-state index in [9.17, 15) is 4.79 Å². The molecule has 3 rings (SSSR count). The molecule has 0 spiro atoms. The summed E-state index contributed by atoms with van der Waals surface area (Å²) in [6.07, 6.45) is 5.54. The van der Waals surface area contributed by atoms with E-state index in [0.717, 1.165) is 23.4 Å². The molecule has 3 nitrogen and oxygen atoms in total. The number of carbonyl (C=O) groups is 1. The van der Waals surface area contributed by atoms with Crippen LogP contribution in [-0.4, -0.2) is 25.8 Å². The van der Waals surface area contributed by atoms with Crippen LogP contribution in [0.25, 0.3) is 0 Å². The summed E-state index contributed by atoms with van der Waals surface area (Å²) in [6.45, 7) is 0.488. The number of amides is 1. The summed E-state index contributed by atoms with van der Waals surface area (Å²) in [6, 6.07) is 17.1. The van der Waals surface area contributed by atoms with Crippen molar-refractivity contribution in [3.05, 3.63) is 59.7 Å². The SMILES string of the molecule is CSc1ccccc1NC(=O)C[NH+](C)[C@H]1CCCc2ccccc21. The zero-order chi connectivity index (χ0) is 16.9. The maximum absolute atomic E-state index is 12.5. The van der Waals surface area contributed by atoms with Gasteiger partial charge in [-0.15, -0.1) is 11.8 Å². The minimum Gasteiger partial charge on any atom is -0.323 e. The first-order valence-electron chi connectivity index (χ1n) is 8.52. The molecular weight excluding hydrogens is 316 g/mol. The first kappa shape index (κ1) is 17.1. The second kappa shape index (κ2) is 7.86. The number of hydrogen-bond acceptors (Lipinski definition) is 2. The number of likely N-dealkylation sites (N-methyl/N-ethyl adjacent to an activating group) is 1. The molecule has 24 heavy (non-hydrogen) atoms. The summed E-state index contributed by atoms with van der Waals surface area (Å²) in [7, 11) is 2.13. The van der Waals surface area contributed by atoms with Crippen molar-refractivity contribution in [3.8, 4) is 0 Å². The Labute approximate surface area is 148 Å². The van der Waals surface area contributed by atoms with Gasteiger partial charge in [-0.25, -0.2) is 0 Å². The molecule has 4 heteroatoms. The number of para-hydroxylation sites is 1. The third-order valence-electron chi connectivity index (χ3n) is 4.78. The van der Waals surface area contributed by atoms with E-state index in [2.05, 4.69) is 36.6 Å². The van der Waals surface area contributed by atoms with Crippen LogP contribution >= 0.6 is 11.8 Å². The van der Waals surface area contributed by atoms with E-state index >= 15 is 0 Å². The molecule has 0 aromatic heterocycles. The molecule has 0 saturated carbocycles. The van der Waals surface area contributed by atoms with Crippen molar-refractivity contribution in [3.63, 3.8) is 0 Å². The molecule has 126 valence electrons. The molecule has 0 fully saturated rings. The second-order valence-corrected chi connectivity index (χ2v) is 7.26. The van der Waals surface area contributed by atoms with E-state index in [0.29, 0.717) is 12.6 Å². The van der Waals surface area contributed by atoms with Gasteiger partial charge in [0.25, 0.3) is 5.91 Å². The van der Waals surface area contributed by atoms with Crippen molar-refractivity contribution < 1.29 is 9.69 Å². The van der Waals surface area contributed by atoms with Gasteiger partial charge >= 0.3 is 0 Å². The zero-order valence-corrected chi connectivity index (χ0v) is 15.2. The Balaban J connectivity index is 1.67. The molecule has 1 aliphatic rings. The largest absolute Gasteiger partial charge is 0.323 e. The summed E-state index contributed by atoms with van der Waals surface area (Å²) >= 11 is 1.65. The number of nitrogens with one attached hydrogen (secondary N) is 2. The van der Waals surface area contributed by atoms with Crippen LogP contribution < -0.4 is 10.2 Å². The third kappa shape index (κ3) is 3.82. The molecule has 0 aliphatic heterocycles. The molecular formula is C20H25N2OS+. The van der Waals surface area contributed by atoms with Crippen LogP contribution in [0.2, 0.25) is 0 Å². The highest BCUT2D eigenvalue weighted by Gasteiger charge is 2.28. The van der Waals surface area contributed by atoms with Crippen molar-refractivity contribution in [2.75, 3.05) is 25.2 Å². The number of hydrogen-bond donors (Lipinski definition) is 2. The topological polar surface area (TPSA) is 33.5 Å². The Hall–Kier alpha value is -1.78. The highest BCUT2D eigenvalue weighted by Crippen LogP contribution is 2.27. The molecule has 1 unspecified atom stereocenters. The first-order valence-corrected chi connectivity index (χ1v) is 9.74. The van der Waals surface area contributed by atoms with Gasteiger partial charge in [-0.1, -0.05) is 36.4 Å². The summed E-state index contributed by atoms with van der Waals surface area (Å²) in [5, 5.41) is 3.07. The fourth-order valence-electron chi connectivity index (χ4n) is 3.58. The van der Waals surface area contributed by atoms with E-state index in [1.807, 2.05) is 30.5 Å². The summed E-state index contributed by atoms with van der Waals surface area (Å²) in [5.74, 6) is 0.0806. The molecule has 0 heterocycles. The van der Waals surface area contributed by atoms with Gasteiger partial charge in [-0.3, -0.25) is 4.79 Å². The third-order valence-corrected chi connectivity index (χ3v) is 5.58. The van der Waals surface area contributed by atoms with Gasteiger partial charge in [-0.2, -0.15) is 0 Å². The van der Waals surface area contributed by atoms with Crippen molar-refractivity contribution in [2.45, 2.75) is 30.2 Å². The normalized spacial score (nSPS) is 17.8. The number of quaternary nitrogens is 1.